The SMILES string of the molecule is O=C(CN1C(=O)NC2(CCc3ccccc32)C1=O)Nc1ccccc1F. The van der Waals surface area contributed by atoms with E-state index in [0.29, 0.717) is 12.8 Å². The van der Waals surface area contributed by atoms with Crippen molar-refractivity contribution >= 4 is 23.5 Å². The van der Waals surface area contributed by atoms with E-state index >= 15 is 0 Å². The molecule has 0 bridgehead atoms. The number of imide groups is 1. The van der Waals surface area contributed by atoms with Crippen molar-refractivity contribution in [2.75, 3.05) is 11.9 Å². The highest BCUT2D eigenvalue weighted by Crippen LogP contribution is 2.41. The van der Waals surface area contributed by atoms with Crippen LogP contribution in [-0.4, -0.2) is 29.3 Å². The Morgan fingerprint density at radius 3 is 2.69 bits per heavy atom. The quantitative estimate of drug-likeness (QED) is 0.830. The van der Waals surface area contributed by atoms with Crippen molar-refractivity contribution in [2.45, 2.75) is 18.4 Å². The third kappa shape index (κ3) is 2.44. The van der Waals surface area contributed by atoms with Gasteiger partial charge < -0.3 is 10.6 Å². The summed E-state index contributed by atoms with van der Waals surface area (Å²) >= 11 is 0. The molecule has 2 N–H and O–H groups in total. The third-order valence-corrected chi connectivity index (χ3v) is 4.87. The summed E-state index contributed by atoms with van der Waals surface area (Å²) < 4.78 is 13.6. The highest BCUT2D eigenvalue weighted by atomic mass is 19.1. The molecule has 1 aliphatic carbocycles. The largest absolute Gasteiger partial charge is 0.325 e. The van der Waals surface area contributed by atoms with Crippen LogP contribution in [0.25, 0.3) is 0 Å². The zero-order chi connectivity index (χ0) is 18.3. The first-order chi connectivity index (χ1) is 12.5. The molecule has 7 heteroatoms. The summed E-state index contributed by atoms with van der Waals surface area (Å²) in [5, 5.41) is 5.14. The Balaban J connectivity index is 1.54. The van der Waals surface area contributed by atoms with E-state index in [4.69, 9.17) is 0 Å². The van der Waals surface area contributed by atoms with Crippen LogP contribution in [0.15, 0.2) is 48.5 Å². The van der Waals surface area contributed by atoms with E-state index in [1.165, 1.54) is 18.2 Å². The Kier molecular flexibility index (Phi) is 3.72. The van der Waals surface area contributed by atoms with Gasteiger partial charge in [0.2, 0.25) is 5.91 Å². The van der Waals surface area contributed by atoms with Crippen LogP contribution in [0.2, 0.25) is 0 Å². The smallest absolute Gasteiger partial charge is 0.322 e. The fourth-order valence-electron chi connectivity index (χ4n) is 3.63. The molecule has 0 aromatic heterocycles. The van der Waals surface area contributed by atoms with Gasteiger partial charge in [0.1, 0.15) is 17.9 Å². The number of nitrogens with one attached hydrogen (secondary N) is 2. The van der Waals surface area contributed by atoms with Gasteiger partial charge in [-0.3, -0.25) is 14.5 Å². The molecular formula is C19H16FN3O3. The van der Waals surface area contributed by atoms with Gasteiger partial charge in [-0.25, -0.2) is 9.18 Å². The number of carbonyl (C=O) groups excluding carboxylic acids is 3. The Bertz CT molecular complexity index is 930. The summed E-state index contributed by atoms with van der Waals surface area (Å²) in [6, 6.07) is 12.6. The van der Waals surface area contributed by atoms with Crippen molar-refractivity contribution in [3.8, 4) is 0 Å². The van der Waals surface area contributed by atoms with Gasteiger partial charge in [0, 0.05) is 0 Å². The number of fused-ring (bicyclic) bond motifs is 2. The molecule has 0 radical (unpaired) electrons. The van der Waals surface area contributed by atoms with Crippen LogP contribution < -0.4 is 10.6 Å². The molecule has 26 heavy (non-hydrogen) atoms. The molecule has 2 aromatic carbocycles. The van der Waals surface area contributed by atoms with Gasteiger partial charge in [0.25, 0.3) is 5.91 Å². The third-order valence-electron chi connectivity index (χ3n) is 4.87. The molecule has 1 atom stereocenters. The average molecular weight is 353 g/mol. The van der Waals surface area contributed by atoms with Gasteiger partial charge in [0.15, 0.2) is 0 Å². The summed E-state index contributed by atoms with van der Waals surface area (Å²) in [4.78, 5) is 38.4. The number of benzene rings is 2. The molecule has 1 heterocycles. The lowest BCUT2D eigenvalue weighted by Crippen LogP contribution is -2.43. The average Bonchev–Trinajstić information content (AvgIpc) is 3.11. The minimum absolute atomic E-state index is 0.00507. The van der Waals surface area contributed by atoms with E-state index in [0.717, 1.165) is 16.0 Å². The zero-order valence-electron chi connectivity index (χ0n) is 13.8. The van der Waals surface area contributed by atoms with Crippen molar-refractivity contribution in [1.29, 1.82) is 0 Å². The Hall–Kier alpha value is -3.22. The van der Waals surface area contributed by atoms with Gasteiger partial charge in [-0.05, 0) is 36.1 Å². The second-order valence-electron chi connectivity index (χ2n) is 6.41. The maximum Gasteiger partial charge on any atom is 0.325 e. The highest BCUT2D eigenvalue weighted by Gasteiger charge is 2.55. The lowest BCUT2D eigenvalue weighted by atomic mass is 9.92. The number of rotatable bonds is 3. The second kappa shape index (κ2) is 5.94. The fraction of sp³-hybridized carbons (Fsp3) is 0.211. The molecule has 1 unspecified atom stereocenters. The zero-order valence-corrected chi connectivity index (χ0v) is 13.8. The van der Waals surface area contributed by atoms with E-state index in [2.05, 4.69) is 10.6 Å². The topological polar surface area (TPSA) is 78.5 Å². The molecule has 0 saturated carbocycles. The van der Waals surface area contributed by atoms with Crippen molar-refractivity contribution < 1.29 is 18.8 Å². The monoisotopic (exact) mass is 353 g/mol. The number of hydrogen-bond donors (Lipinski definition) is 2. The number of halogens is 1. The number of urea groups is 1. The summed E-state index contributed by atoms with van der Waals surface area (Å²) in [6.07, 6.45) is 1.14. The first-order valence-electron chi connectivity index (χ1n) is 8.28. The predicted octanol–water partition coefficient (Wildman–Crippen LogP) is 2.16. The van der Waals surface area contributed by atoms with E-state index in [1.807, 2.05) is 24.3 Å². The minimum Gasteiger partial charge on any atom is -0.322 e. The summed E-state index contributed by atoms with van der Waals surface area (Å²) in [7, 11) is 0. The lowest BCUT2D eigenvalue weighted by Gasteiger charge is -2.22. The van der Waals surface area contributed by atoms with E-state index in [1.54, 1.807) is 6.07 Å². The van der Waals surface area contributed by atoms with Crippen LogP contribution in [0, 0.1) is 5.82 Å². The predicted molar refractivity (Wildman–Crippen MR) is 91.7 cm³/mol. The van der Waals surface area contributed by atoms with Crippen molar-refractivity contribution in [1.82, 2.24) is 10.2 Å². The fourth-order valence-corrected chi connectivity index (χ4v) is 3.63. The first kappa shape index (κ1) is 16.3. The van der Waals surface area contributed by atoms with E-state index in [9.17, 15) is 18.8 Å². The number of carbonyl (C=O) groups is 3. The first-order valence-corrected chi connectivity index (χ1v) is 8.28. The number of aryl methyl sites for hydroxylation is 1. The molecular weight excluding hydrogens is 337 g/mol. The van der Waals surface area contributed by atoms with Gasteiger partial charge in [-0.2, -0.15) is 0 Å². The van der Waals surface area contributed by atoms with Crippen LogP contribution in [0.4, 0.5) is 14.9 Å². The molecule has 2 aromatic rings. The minimum atomic E-state index is -1.11. The standard InChI is InChI=1S/C19H16FN3O3/c20-14-7-3-4-8-15(14)21-16(24)11-23-17(25)19(22-18(23)26)10-9-12-5-1-2-6-13(12)19/h1-8H,9-11H2,(H,21,24)(H,22,26). The van der Waals surface area contributed by atoms with Crippen molar-refractivity contribution in [3.05, 3.63) is 65.5 Å². The summed E-state index contributed by atoms with van der Waals surface area (Å²) in [5.74, 6) is -1.67. The van der Waals surface area contributed by atoms with Gasteiger partial charge >= 0.3 is 6.03 Å². The van der Waals surface area contributed by atoms with Crippen LogP contribution in [0.3, 0.4) is 0 Å². The maximum absolute atomic E-state index is 13.6. The van der Waals surface area contributed by atoms with Crippen molar-refractivity contribution in [3.63, 3.8) is 0 Å². The van der Waals surface area contributed by atoms with Gasteiger partial charge in [-0.15, -0.1) is 0 Å². The number of hydrogen-bond acceptors (Lipinski definition) is 3. The molecule has 6 nitrogen and oxygen atoms in total. The molecule has 4 amide bonds. The Labute approximate surface area is 149 Å². The number of anilines is 1. The lowest BCUT2D eigenvalue weighted by molar-refractivity contribution is -0.134. The normalized spacial score (nSPS) is 21.0. The number of para-hydroxylation sites is 1. The summed E-state index contributed by atoms with van der Waals surface area (Å²) in [6.45, 7) is -0.469. The summed E-state index contributed by atoms with van der Waals surface area (Å²) in [5.41, 5.74) is 0.686. The number of amides is 4. The van der Waals surface area contributed by atoms with E-state index < -0.39 is 35.7 Å². The molecule has 1 aliphatic heterocycles. The Morgan fingerprint density at radius 1 is 1.15 bits per heavy atom. The molecule has 1 fully saturated rings. The second-order valence-corrected chi connectivity index (χ2v) is 6.41. The van der Waals surface area contributed by atoms with Crippen molar-refractivity contribution in [2.24, 2.45) is 0 Å². The van der Waals surface area contributed by atoms with Crippen LogP contribution >= 0.6 is 0 Å². The van der Waals surface area contributed by atoms with E-state index in [-0.39, 0.29) is 5.69 Å². The van der Waals surface area contributed by atoms with Gasteiger partial charge in [0.05, 0.1) is 5.69 Å². The van der Waals surface area contributed by atoms with Crippen LogP contribution in [-0.2, 0) is 21.5 Å². The molecule has 1 saturated heterocycles. The molecule has 4 rings (SSSR count). The molecule has 132 valence electrons. The van der Waals surface area contributed by atoms with Crippen LogP contribution in [0.5, 0.6) is 0 Å². The molecule has 1 spiro atoms. The maximum atomic E-state index is 13.6. The van der Waals surface area contributed by atoms with Gasteiger partial charge in [-0.1, -0.05) is 36.4 Å². The Morgan fingerprint density at radius 2 is 1.88 bits per heavy atom. The highest BCUT2D eigenvalue weighted by molar-refractivity contribution is 6.10. The van der Waals surface area contributed by atoms with Crippen LogP contribution in [0.1, 0.15) is 17.5 Å². The number of nitrogens with zero attached hydrogens (tertiary/aromatic N) is 1. The molecule has 2 aliphatic rings.